The van der Waals surface area contributed by atoms with Crippen molar-refractivity contribution < 1.29 is 9.50 Å². The first kappa shape index (κ1) is 16.3. The number of hydrogen-bond donors (Lipinski definition) is 2. The van der Waals surface area contributed by atoms with Crippen LogP contribution >= 0.6 is 11.6 Å². The second kappa shape index (κ2) is 6.61. The third-order valence-electron chi connectivity index (χ3n) is 3.93. The Kier molecular flexibility index (Phi) is 4.14. The quantitative estimate of drug-likeness (QED) is 0.472. The monoisotopic (exact) mass is 365 g/mol. The zero-order valence-corrected chi connectivity index (χ0v) is 14.2. The van der Waals surface area contributed by atoms with Crippen LogP contribution in [0.2, 0.25) is 5.02 Å². The molecular weight excluding hydrogens is 353 g/mol. The van der Waals surface area contributed by atoms with Crippen LogP contribution in [-0.4, -0.2) is 21.3 Å². The maximum atomic E-state index is 13.1. The summed E-state index contributed by atoms with van der Waals surface area (Å²) in [5.74, 6) is 0.485. The summed E-state index contributed by atoms with van der Waals surface area (Å²) in [7, 11) is 0. The molecule has 6 heteroatoms. The normalized spacial score (nSPS) is 11.5. The lowest BCUT2D eigenvalue weighted by Crippen LogP contribution is -1.82. The minimum atomic E-state index is -0.286. The summed E-state index contributed by atoms with van der Waals surface area (Å²) in [6.45, 7) is 0. The number of benzene rings is 3. The van der Waals surface area contributed by atoms with E-state index in [1.807, 2.05) is 18.2 Å². The lowest BCUT2D eigenvalue weighted by Gasteiger charge is -1.99. The molecule has 4 nitrogen and oxygen atoms in total. The highest BCUT2D eigenvalue weighted by Crippen LogP contribution is 2.25. The van der Waals surface area contributed by atoms with Gasteiger partial charge in [0, 0.05) is 22.4 Å². The molecule has 0 saturated carbocycles. The number of nitrogens with one attached hydrogen (secondary N) is 1. The van der Waals surface area contributed by atoms with Crippen molar-refractivity contribution in [2.75, 3.05) is 0 Å². The number of fused-ring (bicyclic) bond motifs is 1. The number of aromatic amines is 1. The topological polar surface area (TPSA) is 61.3 Å². The van der Waals surface area contributed by atoms with Gasteiger partial charge in [0.25, 0.3) is 0 Å². The molecule has 3 aromatic carbocycles. The largest absolute Gasteiger partial charge is 0.507 e. The van der Waals surface area contributed by atoms with E-state index in [9.17, 15) is 9.50 Å². The van der Waals surface area contributed by atoms with Gasteiger partial charge >= 0.3 is 0 Å². The Bertz CT molecular complexity index is 1120. The predicted octanol–water partition coefficient (Wildman–Crippen LogP) is 5.48. The Morgan fingerprint density at radius 1 is 1.04 bits per heavy atom. The summed E-state index contributed by atoms with van der Waals surface area (Å²) < 4.78 is 13.1. The molecule has 0 aliphatic heterocycles. The molecule has 4 aromatic rings. The van der Waals surface area contributed by atoms with E-state index >= 15 is 0 Å². The first-order valence-corrected chi connectivity index (χ1v) is 8.24. The number of imidazole rings is 1. The van der Waals surface area contributed by atoms with E-state index in [4.69, 9.17) is 11.6 Å². The SMILES string of the molecule is Oc1ccc(Cl)cc1C=Nc1ccc2nc(-c3ccc(F)cc3)[nH]c2c1. The average Bonchev–Trinajstić information content (AvgIpc) is 3.06. The summed E-state index contributed by atoms with van der Waals surface area (Å²) in [5, 5.41) is 10.4. The van der Waals surface area contributed by atoms with E-state index in [-0.39, 0.29) is 11.6 Å². The van der Waals surface area contributed by atoms with Gasteiger partial charge in [-0.25, -0.2) is 9.37 Å². The first-order chi connectivity index (χ1) is 12.6. The van der Waals surface area contributed by atoms with Gasteiger partial charge in [0.15, 0.2) is 0 Å². The standard InChI is InChI=1S/C20H13ClFN3O/c21-14-3-8-19(26)13(9-14)11-23-16-6-7-17-18(10-16)25-20(24-17)12-1-4-15(22)5-2-12/h1-11,26H,(H,24,25). The number of phenols is 1. The van der Waals surface area contributed by atoms with Crippen LogP contribution in [0, 0.1) is 5.82 Å². The van der Waals surface area contributed by atoms with E-state index in [1.54, 1.807) is 30.5 Å². The molecule has 0 fully saturated rings. The number of hydrogen-bond acceptors (Lipinski definition) is 3. The van der Waals surface area contributed by atoms with Gasteiger partial charge in [0.1, 0.15) is 17.4 Å². The van der Waals surface area contributed by atoms with Crippen LogP contribution in [0.15, 0.2) is 65.7 Å². The molecule has 0 saturated heterocycles. The van der Waals surface area contributed by atoms with Crippen LogP contribution in [0.25, 0.3) is 22.4 Å². The molecule has 0 aliphatic rings. The van der Waals surface area contributed by atoms with Crippen molar-refractivity contribution in [2.24, 2.45) is 4.99 Å². The summed E-state index contributed by atoms with van der Waals surface area (Å²) in [4.78, 5) is 12.1. The molecule has 0 unspecified atom stereocenters. The molecule has 2 N–H and O–H groups in total. The van der Waals surface area contributed by atoms with E-state index in [2.05, 4.69) is 15.0 Å². The minimum Gasteiger partial charge on any atom is -0.507 e. The van der Waals surface area contributed by atoms with Crippen LogP contribution < -0.4 is 0 Å². The van der Waals surface area contributed by atoms with Gasteiger partial charge in [-0.3, -0.25) is 4.99 Å². The highest BCUT2D eigenvalue weighted by atomic mass is 35.5. The van der Waals surface area contributed by atoms with E-state index < -0.39 is 0 Å². The van der Waals surface area contributed by atoms with Crippen molar-refractivity contribution in [1.82, 2.24) is 9.97 Å². The highest BCUT2D eigenvalue weighted by Gasteiger charge is 2.06. The predicted molar refractivity (Wildman–Crippen MR) is 102 cm³/mol. The second-order valence-corrected chi connectivity index (χ2v) is 6.19. The number of halogens is 2. The molecule has 0 atom stereocenters. The van der Waals surface area contributed by atoms with E-state index in [1.165, 1.54) is 18.2 Å². The Labute approximate surface area is 153 Å². The van der Waals surface area contributed by atoms with Gasteiger partial charge in [0.2, 0.25) is 0 Å². The van der Waals surface area contributed by atoms with E-state index in [0.29, 0.717) is 22.1 Å². The molecular formula is C20H13ClFN3O. The number of nitrogens with zero attached hydrogens (tertiary/aromatic N) is 2. The van der Waals surface area contributed by atoms with Gasteiger partial charge in [-0.05, 0) is 60.7 Å². The fourth-order valence-electron chi connectivity index (χ4n) is 2.60. The van der Waals surface area contributed by atoms with Gasteiger partial charge in [-0.15, -0.1) is 0 Å². The van der Waals surface area contributed by atoms with Crippen LogP contribution in [0.1, 0.15) is 5.56 Å². The maximum Gasteiger partial charge on any atom is 0.138 e. The maximum absolute atomic E-state index is 13.1. The fourth-order valence-corrected chi connectivity index (χ4v) is 2.78. The fraction of sp³-hybridized carbons (Fsp3) is 0. The van der Waals surface area contributed by atoms with Crippen LogP contribution in [0.5, 0.6) is 5.75 Å². The van der Waals surface area contributed by atoms with Crippen LogP contribution in [-0.2, 0) is 0 Å². The highest BCUT2D eigenvalue weighted by molar-refractivity contribution is 6.30. The zero-order chi connectivity index (χ0) is 18.1. The molecule has 0 radical (unpaired) electrons. The number of H-pyrrole nitrogens is 1. The lowest BCUT2D eigenvalue weighted by molar-refractivity contribution is 0.474. The molecule has 1 heterocycles. The molecule has 4 rings (SSSR count). The number of aromatic nitrogens is 2. The molecule has 128 valence electrons. The Hall–Kier alpha value is -3.18. The number of phenolic OH excluding ortho intramolecular Hbond substituents is 1. The van der Waals surface area contributed by atoms with Gasteiger partial charge in [-0.2, -0.15) is 0 Å². The van der Waals surface area contributed by atoms with Gasteiger partial charge in [-0.1, -0.05) is 11.6 Å². The van der Waals surface area contributed by atoms with Gasteiger partial charge < -0.3 is 10.1 Å². The van der Waals surface area contributed by atoms with Gasteiger partial charge in [0.05, 0.1) is 16.7 Å². The van der Waals surface area contributed by atoms with Crippen molar-refractivity contribution in [2.45, 2.75) is 0 Å². The average molecular weight is 366 g/mol. The molecule has 26 heavy (non-hydrogen) atoms. The zero-order valence-electron chi connectivity index (χ0n) is 13.4. The molecule has 0 aliphatic carbocycles. The number of aromatic hydroxyl groups is 1. The summed E-state index contributed by atoms with van der Waals surface area (Å²) in [6.07, 6.45) is 1.56. The third-order valence-corrected chi connectivity index (χ3v) is 4.16. The summed E-state index contributed by atoms with van der Waals surface area (Å²) in [5.41, 5.74) is 3.64. The second-order valence-electron chi connectivity index (χ2n) is 5.76. The molecule has 1 aromatic heterocycles. The minimum absolute atomic E-state index is 0.111. The van der Waals surface area contributed by atoms with Crippen molar-refractivity contribution in [3.8, 4) is 17.1 Å². The lowest BCUT2D eigenvalue weighted by atomic mass is 10.2. The van der Waals surface area contributed by atoms with Crippen molar-refractivity contribution >= 4 is 34.5 Å². The Morgan fingerprint density at radius 2 is 1.85 bits per heavy atom. The summed E-state index contributed by atoms with van der Waals surface area (Å²) >= 11 is 5.94. The smallest absolute Gasteiger partial charge is 0.138 e. The number of aliphatic imine (C=N–C) groups is 1. The van der Waals surface area contributed by atoms with Crippen molar-refractivity contribution in [3.05, 3.63) is 77.1 Å². The molecule has 0 bridgehead atoms. The Morgan fingerprint density at radius 3 is 2.65 bits per heavy atom. The van der Waals surface area contributed by atoms with Crippen molar-refractivity contribution in [3.63, 3.8) is 0 Å². The molecule has 0 amide bonds. The first-order valence-electron chi connectivity index (χ1n) is 7.87. The summed E-state index contributed by atoms with van der Waals surface area (Å²) in [6, 6.07) is 16.5. The van der Waals surface area contributed by atoms with Crippen molar-refractivity contribution in [1.29, 1.82) is 0 Å². The molecule has 0 spiro atoms. The van der Waals surface area contributed by atoms with Crippen LogP contribution in [0.4, 0.5) is 10.1 Å². The van der Waals surface area contributed by atoms with Crippen LogP contribution in [0.3, 0.4) is 0 Å². The Balaban J connectivity index is 1.66. The van der Waals surface area contributed by atoms with E-state index in [0.717, 1.165) is 16.6 Å². The third kappa shape index (κ3) is 3.30. The number of rotatable bonds is 3.